The molecule has 2 aliphatic heterocycles. The lowest BCUT2D eigenvalue weighted by atomic mass is 10.00. The number of rotatable bonds is 6. The minimum atomic E-state index is -4.66. The van der Waals surface area contributed by atoms with Gasteiger partial charge in [0.2, 0.25) is 17.0 Å². The standard InChI is InChI=1S/C27H27F4N5O4S/c1-15-13-34(8-9-35(15)17-6-7-32-22(11-17)40-3)26-33-24-18(14-41-25(24)28)19(12-23(37)38)36(26)20-10-16(27(29,30)31)4-5-21(20)39-2/h4-7,10-11,14-15,19H,8-9,12-13H2,1-3H3,(H,37,38)/t15-,19-/m1/s1. The van der Waals surface area contributed by atoms with E-state index in [1.54, 1.807) is 12.3 Å². The van der Waals surface area contributed by atoms with E-state index in [1.165, 1.54) is 30.6 Å². The van der Waals surface area contributed by atoms with Crippen LogP contribution < -0.4 is 19.3 Å². The second kappa shape index (κ2) is 11.1. The van der Waals surface area contributed by atoms with Crippen molar-refractivity contribution in [2.24, 2.45) is 4.99 Å². The summed E-state index contributed by atoms with van der Waals surface area (Å²) in [5, 5.41) is 10.7. The molecule has 0 amide bonds. The molecule has 218 valence electrons. The smallest absolute Gasteiger partial charge is 0.416 e. The third kappa shape index (κ3) is 5.47. The third-order valence-corrected chi connectivity index (χ3v) is 7.92. The lowest BCUT2D eigenvalue weighted by Gasteiger charge is -2.47. The van der Waals surface area contributed by atoms with Gasteiger partial charge in [0.15, 0.2) is 0 Å². The number of nitrogens with zero attached hydrogens (tertiary/aromatic N) is 5. The average Bonchev–Trinajstić information content (AvgIpc) is 3.32. The number of carbonyl (C=O) groups is 1. The second-order valence-electron chi connectivity index (χ2n) is 9.64. The fourth-order valence-electron chi connectivity index (χ4n) is 5.25. The number of hydrogen-bond donors (Lipinski definition) is 1. The number of thiophene rings is 1. The SMILES string of the molecule is COc1cc(N2CCN(C3=Nc4c(csc4F)[C@@H](CC(=O)O)N3c3cc(C(F)(F)F)ccc3OC)C[C@H]2C)ccn1. The Morgan fingerprint density at radius 1 is 1.17 bits per heavy atom. The molecule has 2 aliphatic rings. The van der Waals surface area contributed by atoms with Gasteiger partial charge < -0.3 is 29.3 Å². The van der Waals surface area contributed by atoms with Crippen molar-refractivity contribution in [3.05, 3.63) is 58.2 Å². The lowest BCUT2D eigenvalue weighted by molar-refractivity contribution is -0.138. The van der Waals surface area contributed by atoms with Crippen molar-refractivity contribution in [2.45, 2.75) is 31.6 Å². The minimum absolute atomic E-state index is 0.00704. The van der Waals surface area contributed by atoms with Crippen LogP contribution in [0.1, 0.15) is 30.5 Å². The summed E-state index contributed by atoms with van der Waals surface area (Å²) in [7, 11) is 2.84. The van der Waals surface area contributed by atoms with Gasteiger partial charge in [0.05, 0.1) is 37.9 Å². The normalized spacial score (nSPS) is 19.1. The molecule has 0 spiro atoms. The Kier molecular flexibility index (Phi) is 7.68. The summed E-state index contributed by atoms with van der Waals surface area (Å²) in [6, 6.07) is 5.51. The summed E-state index contributed by atoms with van der Waals surface area (Å²) >= 11 is 0.767. The van der Waals surface area contributed by atoms with Crippen molar-refractivity contribution < 1.29 is 36.9 Å². The van der Waals surface area contributed by atoms with E-state index in [0.29, 0.717) is 25.5 Å². The molecule has 0 radical (unpaired) electrons. The van der Waals surface area contributed by atoms with E-state index in [4.69, 9.17) is 9.47 Å². The van der Waals surface area contributed by atoms with Gasteiger partial charge in [-0.15, -0.1) is 11.3 Å². The second-order valence-corrected chi connectivity index (χ2v) is 10.5. The first-order chi connectivity index (χ1) is 19.5. The first kappa shape index (κ1) is 28.5. The van der Waals surface area contributed by atoms with E-state index in [1.807, 2.05) is 17.9 Å². The van der Waals surface area contributed by atoms with Crippen molar-refractivity contribution in [1.29, 1.82) is 0 Å². The van der Waals surface area contributed by atoms with Gasteiger partial charge >= 0.3 is 12.1 Å². The monoisotopic (exact) mass is 593 g/mol. The molecule has 2 aromatic heterocycles. The summed E-state index contributed by atoms with van der Waals surface area (Å²) in [5.41, 5.74) is 0.203. The minimum Gasteiger partial charge on any atom is -0.495 e. The Morgan fingerprint density at radius 2 is 1.95 bits per heavy atom. The molecule has 14 heteroatoms. The number of anilines is 2. The van der Waals surface area contributed by atoms with Crippen LogP contribution in [-0.2, 0) is 11.0 Å². The van der Waals surface area contributed by atoms with Crippen LogP contribution in [-0.4, -0.2) is 66.8 Å². The van der Waals surface area contributed by atoms with Gasteiger partial charge in [0, 0.05) is 54.6 Å². The van der Waals surface area contributed by atoms with Crippen molar-refractivity contribution in [2.75, 3.05) is 43.7 Å². The maximum Gasteiger partial charge on any atom is 0.416 e. The molecule has 9 nitrogen and oxygen atoms in total. The predicted octanol–water partition coefficient (Wildman–Crippen LogP) is 5.55. The van der Waals surface area contributed by atoms with Gasteiger partial charge in [-0.05, 0) is 31.2 Å². The zero-order valence-corrected chi connectivity index (χ0v) is 23.2. The van der Waals surface area contributed by atoms with Crippen LogP contribution in [0.15, 0.2) is 46.9 Å². The van der Waals surface area contributed by atoms with Gasteiger partial charge in [-0.3, -0.25) is 4.79 Å². The number of hydrogen-bond acceptors (Lipinski definition) is 9. The topological polar surface area (TPSA) is 90.7 Å². The molecule has 0 saturated carbocycles. The van der Waals surface area contributed by atoms with E-state index in [9.17, 15) is 27.5 Å². The molecule has 1 fully saturated rings. The Balaban J connectivity index is 1.60. The summed E-state index contributed by atoms with van der Waals surface area (Å²) in [6.45, 7) is 3.20. The molecule has 3 aromatic rings. The number of pyridine rings is 1. The van der Waals surface area contributed by atoms with Crippen molar-refractivity contribution in [3.63, 3.8) is 0 Å². The number of halogens is 4. The first-order valence-corrected chi connectivity index (χ1v) is 13.5. The molecule has 0 unspecified atom stereocenters. The number of carboxylic acid groups (broad SMARTS) is 1. The number of fused-ring (bicyclic) bond motifs is 1. The Hall–Kier alpha value is -4.07. The maximum atomic E-state index is 14.9. The molecule has 1 N–H and O–H groups in total. The number of piperazine rings is 1. The fourth-order valence-corrected chi connectivity index (χ4v) is 6.02. The number of alkyl halides is 3. The van der Waals surface area contributed by atoms with Crippen molar-refractivity contribution in [1.82, 2.24) is 9.88 Å². The highest BCUT2D eigenvalue weighted by atomic mass is 32.1. The Labute approximate surface area is 237 Å². The van der Waals surface area contributed by atoms with Crippen LogP contribution in [0.4, 0.5) is 34.6 Å². The number of guanidine groups is 1. The molecule has 0 aliphatic carbocycles. The van der Waals surface area contributed by atoms with Crippen LogP contribution in [0.5, 0.6) is 11.6 Å². The van der Waals surface area contributed by atoms with E-state index < -0.39 is 35.3 Å². The molecular formula is C27H27F4N5O4S. The molecule has 1 aromatic carbocycles. The zero-order valence-electron chi connectivity index (χ0n) is 22.4. The van der Waals surface area contributed by atoms with Gasteiger partial charge in [0.25, 0.3) is 0 Å². The third-order valence-electron chi connectivity index (χ3n) is 7.15. The molecule has 41 heavy (non-hydrogen) atoms. The number of carboxylic acids is 1. The first-order valence-electron chi connectivity index (χ1n) is 12.6. The van der Waals surface area contributed by atoms with Gasteiger partial charge in [-0.2, -0.15) is 17.6 Å². The lowest BCUT2D eigenvalue weighted by Crippen LogP contribution is -2.58. The molecule has 1 saturated heterocycles. The van der Waals surface area contributed by atoms with Gasteiger partial charge in [-0.25, -0.2) is 9.98 Å². The van der Waals surface area contributed by atoms with Crippen LogP contribution >= 0.6 is 11.3 Å². The predicted molar refractivity (Wildman–Crippen MR) is 146 cm³/mol. The highest BCUT2D eigenvalue weighted by Gasteiger charge is 2.41. The van der Waals surface area contributed by atoms with Crippen LogP contribution in [0, 0.1) is 5.13 Å². The highest BCUT2D eigenvalue weighted by molar-refractivity contribution is 7.08. The molecule has 2 atom stereocenters. The number of methoxy groups -OCH3 is 2. The number of aliphatic carboxylic acids is 1. The van der Waals surface area contributed by atoms with Crippen LogP contribution in [0.25, 0.3) is 0 Å². The fraction of sp³-hybridized carbons (Fsp3) is 0.370. The van der Waals surface area contributed by atoms with Gasteiger partial charge in [-0.1, -0.05) is 0 Å². The largest absolute Gasteiger partial charge is 0.495 e. The molecule has 4 heterocycles. The summed E-state index contributed by atoms with van der Waals surface area (Å²) in [5.74, 6) is -0.503. The number of aliphatic imine (C=N–C) groups is 1. The average molecular weight is 594 g/mol. The summed E-state index contributed by atoms with van der Waals surface area (Å²) in [4.78, 5) is 26.2. The Bertz CT molecular complexity index is 1480. The van der Waals surface area contributed by atoms with E-state index in [0.717, 1.165) is 29.2 Å². The van der Waals surface area contributed by atoms with E-state index in [-0.39, 0.29) is 34.7 Å². The zero-order chi connectivity index (χ0) is 29.5. The Morgan fingerprint density at radius 3 is 2.61 bits per heavy atom. The maximum absolute atomic E-state index is 14.9. The van der Waals surface area contributed by atoms with Gasteiger partial charge in [0.1, 0.15) is 11.4 Å². The van der Waals surface area contributed by atoms with Crippen molar-refractivity contribution >= 4 is 40.3 Å². The van der Waals surface area contributed by atoms with Crippen LogP contribution in [0.2, 0.25) is 0 Å². The molecule has 0 bridgehead atoms. The molecular weight excluding hydrogens is 566 g/mol. The highest BCUT2D eigenvalue weighted by Crippen LogP contribution is 2.47. The number of benzene rings is 1. The summed E-state index contributed by atoms with van der Waals surface area (Å²) < 4.78 is 67.1. The van der Waals surface area contributed by atoms with E-state index >= 15 is 0 Å². The summed E-state index contributed by atoms with van der Waals surface area (Å²) in [6.07, 6.45) is -3.53. The quantitative estimate of drug-likeness (QED) is 0.372. The number of ether oxygens (including phenoxy) is 2. The molecule has 5 rings (SSSR count). The van der Waals surface area contributed by atoms with Crippen molar-refractivity contribution in [3.8, 4) is 11.6 Å². The van der Waals surface area contributed by atoms with Crippen LogP contribution in [0.3, 0.4) is 0 Å². The number of aromatic nitrogens is 1. The van der Waals surface area contributed by atoms with E-state index in [2.05, 4.69) is 14.9 Å².